The highest BCUT2D eigenvalue weighted by Gasteiger charge is 2.20. The van der Waals surface area contributed by atoms with Gasteiger partial charge >= 0.3 is 0 Å². The van der Waals surface area contributed by atoms with Crippen molar-refractivity contribution >= 4 is 11.6 Å². The molecule has 1 aromatic rings. The Kier molecular flexibility index (Phi) is 6.14. The van der Waals surface area contributed by atoms with Crippen LogP contribution in [0.3, 0.4) is 0 Å². The molecule has 1 aromatic carbocycles. The van der Waals surface area contributed by atoms with Gasteiger partial charge in [0.05, 0.1) is 0 Å². The number of hydrogen-bond donors (Lipinski definition) is 1. The number of hydrogen-bond acceptors (Lipinski definition) is 3. The molecule has 2 heterocycles. The third-order valence-corrected chi connectivity index (χ3v) is 5.21. The fraction of sp³-hybridized carbons (Fsp3) is 0.571. The van der Waals surface area contributed by atoms with Gasteiger partial charge in [0.15, 0.2) is 0 Å². The lowest BCUT2D eigenvalue weighted by molar-refractivity contribution is -0.128. The Morgan fingerprint density at radius 2 is 1.88 bits per heavy atom. The topological polar surface area (TPSA) is 35.6 Å². The van der Waals surface area contributed by atoms with Crippen LogP contribution in [-0.2, 0) is 11.3 Å². The Bertz CT molecular complexity index is 596. The first-order valence-electron chi connectivity index (χ1n) is 9.59. The summed E-state index contributed by atoms with van der Waals surface area (Å²) in [6, 6.07) is 9.18. The van der Waals surface area contributed by atoms with Crippen LogP contribution in [-0.4, -0.2) is 47.9 Å². The molecule has 25 heavy (non-hydrogen) atoms. The van der Waals surface area contributed by atoms with Gasteiger partial charge in [0.2, 0.25) is 5.91 Å². The van der Waals surface area contributed by atoms with Gasteiger partial charge in [-0.2, -0.15) is 0 Å². The van der Waals surface area contributed by atoms with E-state index in [1.165, 1.54) is 29.7 Å². The van der Waals surface area contributed by atoms with Crippen molar-refractivity contribution in [3.63, 3.8) is 0 Å². The molecule has 0 saturated carbocycles. The second-order valence-electron chi connectivity index (χ2n) is 7.62. The zero-order chi connectivity index (χ0) is 17.6. The minimum Gasteiger partial charge on any atom is -0.382 e. The molecule has 136 valence electrons. The third kappa shape index (κ3) is 5.33. The van der Waals surface area contributed by atoms with Gasteiger partial charge in [0.1, 0.15) is 0 Å². The van der Waals surface area contributed by atoms with E-state index in [2.05, 4.69) is 54.4 Å². The molecule has 0 radical (unpaired) electrons. The maximum absolute atomic E-state index is 11.7. The molecular formula is C21H31N3O. The van der Waals surface area contributed by atoms with Crippen molar-refractivity contribution in [3.05, 3.63) is 41.5 Å². The summed E-state index contributed by atoms with van der Waals surface area (Å²) >= 11 is 0. The molecule has 2 saturated heterocycles. The zero-order valence-electron chi connectivity index (χ0n) is 15.6. The van der Waals surface area contributed by atoms with Gasteiger partial charge in [-0.15, -0.1) is 0 Å². The van der Waals surface area contributed by atoms with E-state index in [9.17, 15) is 4.79 Å². The maximum Gasteiger partial charge on any atom is 0.222 e. The number of nitrogens with one attached hydrogen (secondary N) is 1. The molecule has 0 spiro atoms. The number of anilines is 1. The normalized spacial score (nSPS) is 19.3. The van der Waals surface area contributed by atoms with Crippen LogP contribution in [0.15, 0.2) is 35.9 Å². The van der Waals surface area contributed by atoms with Crippen molar-refractivity contribution in [1.82, 2.24) is 9.80 Å². The van der Waals surface area contributed by atoms with Gasteiger partial charge in [-0.3, -0.25) is 9.69 Å². The molecule has 1 N–H and O–H groups in total. The van der Waals surface area contributed by atoms with Crippen molar-refractivity contribution in [2.24, 2.45) is 0 Å². The first-order chi connectivity index (χ1) is 12.1. The molecular weight excluding hydrogens is 310 g/mol. The van der Waals surface area contributed by atoms with Crippen LogP contribution in [0.5, 0.6) is 0 Å². The van der Waals surface area contributed by atoms with Crippen molar-refractivity contribution in [1.29, 1.82) is 0 Å². The average Bonchev–Trinajstić information content (AvgIpc) is 3.01. The number of carbonyl (C=O) groups excluding carboxylic acids is 1. The fourth-order valence-corrected chi connectivity index (χ4v) is 3.61. The standard InChI is InChI=1S/C21H31N3O/c1-17(2)9-13-23-14-10-20(11-15-23)22-19-7-5-18(6-8-19)16-24-12-3-4-21(24)25/h5-9,20,22H,3-4,10-16H2,1-2H3. The Morgan fingerprint density at radius 3 is 2.48 bits per heavy atom. The van der Waals surface area contributed by atoms with E-state index < -0.39 is 0 Å². The molecule has 0 atom stereocenters. The molecule has 0 aliphatic carbocycles. The number of carbonyl (C=O) groups is 1. The van der Waals surface area contributed by atoms with E-state index in [4.69, 9.17) is 0 Å². The number of piperidine rings is 1. The molecule has 4 heteroatoms. The Hall–Kier alpha value is -1.81. The van der Waals surface area contributed by atoms with Gasteiger partial charge in [-0.05, 0) is 50.8 Å². The van der Waals surface area contributed by atoms with E-state index in [-0.39, 0.29) is 0 Å². The van der Waals surface area contributed by atoms with E-state index in [0.717, 1.165) is 39.1 Å². The second kappa shape index (κ2) is 8.52. The van der Waals surface area contributed by atoms with Crippen molar-refractivity contribution in [3.8, 4) is 0 Å². The lowest BCUT2D eigenvalue weighted by atomic mass is 10.0. The quantitative estimate of drug-likeness (QED) is 0.802. The number of benzene rings is 1. The summed E-state index contributed by atoms with van der Waals surface area (Å²) < 4.78 is 0. The molecule has 2 aliphatic rings. The van der Waals surface area contributed by atoms with Crippen molar-refractivity contribution in [2.45, 2.75) is 52.1 Å². The Labute approximate surface area is 151 Å². The van der Waals surface area contributed by atoms with Gasteiger partial charge in [-0.1, -0.05) is 23.8 Å². The first-order valence-corrected chi connectivity index (χ1v) is 9.59. The van der Waals surface area contributed by atoms with Crippen LogP contribution < -0.4 is 5.32 Å². The summed E-state index contributed by atoms with van der Waals surface area (Å²) in [6.07, 6.45) is 6.43. The van der Waals surface area contributed by atoms with Crippen LogP contribution in [0.25, 0.3) is 0 Å². The second-order valence-corrected chi connectivity index (χ2v) is 7.62. The number of amides is 1. The summed E-state index contributed by atoms with van der Waals surface area (Å²) in [4.78, 5) is 16.2. The molecule has 4 nitrogen and oxygen atoms in total. The molecule has 2 aliphatic heterocycles. The minimum absolute atomic E-state index is 0.294. The van der Waals surface area contributed by atoms with Gasteiger partial charge in [-0.25, -0.2) is 0 Å². The SMILES string of the molecule is CC(C)=CCN1CCC(Nc2ccc(CN3CCCC3=O)cc2)CC1. The first kappa shape index (κ1) is 18.0. The van der Waals surface area contributed by atoms with Crippen LogP contribution in [0.2, 0.25) is 0 Å². The van der Waals surface area contributed by atoms with E-state index in [1.54, 1.807) is 0 Å². The van der Waals surface area contributed by atoms with Crippen LogP contribution in [0, 0.1) is 0 Å². The third-order valence-electron chi connectivity index (χ3n) is 5.21. The highest BCUT2D eigenvalue weighted by Crippen LogP contribution is 2.19. The largest absolute Gasteiger partial charge is 0.382 e. The maximum atomic E-state index is 11.7. The van der Waals surface area contributed by atoms with Crippen LogP contribution in [0.4, 0.5) is 5.69 Å². The Balaban J connectivity index is 1.44. The number of likely N-dealkylation sites (tertiary alicyclic amines) is 2. The van der Waals surface area contributed by atoms with Crippen LogP contribution in [0.1, 0.15) is 45.1 Å². The summed E-state index contributed by atoms with van der Waals surface area (Å²) in [5.74, 6) is 0.294. The molecule has 0 bridgehead atoms. The van der Waals surface area contributed by atoms with Crippen molar-refractivity contribution < 1.29 is 4.79 Å². The van der Waals surface area contributed by atoms with Gasteiger partial charge in [0, 0.05) is 50.9 Å². The highest BCUT2D eigenvalue weighted by atomic mass is 16.2. The zero-order valence-corrected chi connectivity index (χ0v) is 15.6. The predicted molar refractivity (Wildman–Crippen MR) is 104 cm³/mol. The minimum atomic E-state index is 0.294. The smallest absolute Gasteiger partial charge is 0.222 e. The van der Waals surface area contributed by atoms with E-state index >= 15 is 0 Å². The monoisotopic (exact) mass is 341 g/mol. The number of allylic oxidation sites excluding steroid dienone is 1. The lowest BCUT2D eigenvalue weighted by Crippen LogP contribution is -2.39. The molecule has 1 amide bonds. The van der Waals surface area contributed by atoms with Crippen LogP contribution >= 0.6 is 0 Å². The number of nitrogens with zero attached hydrogens (tertiary/aromatic N) is 2. The molecule has 2 fully saturated rings. The molecule has 0 unspecified atom stereocenters. The number of rotatable bonds is 6. The highest BCUT2D eigenvalue weighted by molar-refractivity contribution is 5.78. The Morgan fingerprint density at radius 1 is 1.16 bits per heavy atom. The van der Waals surface area contributed by atoms with Crippen molar-refractivity contribution in [2.75, 3.05) is 31.5 Å². The fourth-order valence-electron chi connectivity index (χ4n) is 3.61. The summed E-state index contributed by atoms with van der Waals surface area (Å²) in [5.41, 5.74) is 3.81. The molecule has 3 rings (SSSR count). The summed E-state index contributed by atoms with van der Waals surface area (Å²) in [7, 11) is 0. The predicted octanol–water partition coefficient (Wildman–Crippen LogP) is 3.65. The summed E-state index contributed by atoms with van der Waals surface area (Å²) in [5, 5.41) is 3.67. The summed E-state index contributed by atoms with van der Waals surface area (Å²) in [6.45, 7) is 9.40. The molecule has 0 aromatic heterocycles. The lowest BCUT2D eigenvalue weighted by Gasteiger charge is -2.32. The average molecular weight is 341 g/mol. The van der Waals surface area contributed by atoms with Gasteiger partial charge < -0.3 is 10.2 Å². The van der Waals surface area contributed by atoms with E-state index in [1.807, 2.05) is 4.90 Å². The van der Waals surface area contributed by atoms with E-state index in [0.29, 0.717) is 18.4 Å². The van der Waals surface area contributed by atoms with Gasteiger partial charge in [0.25, 0.3) is 0 Å².